The second-order valence-electron chi connectivity index (χ2n) is 3.89. The second-order valence-corrected chi connectivity index (χ2v) is 5.38. The number of halogens is 1. The number of thioether (sulfide) groups is 1. The highest BCUT2D eigenvalue weighted by molar-refractivity contribution is 7.98. The van der Waals surface area contributed by atoms with Gasteiger partial charge in [0, 0.05) is 33.0 Å². The summed E-state index contributed by atoms with van der Waals surface area (Å²) < 4.78 is 0. The maximum Gasteiger partial charge on any atom is 0.273 e. The standard InChI is InChI=1S/C13H11ClN2O2S/c14-10-4-5-13(16(17)18)9(6-10)8-19-12-3-1-2-11(15)7-12/h1-7H,8,15H2. The van der Waals surface area contributed by atoms with Crippen LogP contribution < -0.4 is 5.73 Å². The molecule has 0 unspecified atom stereocenters. The van der Waals surface area contributed by atoms with Crippen LogP contribution in [0.3, 0.4) is 0 Å². The highest BCUT2D eigenvalue weighted by Gasteiger charge is 2.13. The molecule has 4 nitrogen and oxygen atoms in total. The molecule has 0 atom stereocenters. The zero-order valence-corrected chi connectivity index (χ0v) is 11.4. The Labute approximate surface area is 119 Å². The summed E-state index contributed by atoms with van der Waals surface area (Å²) in [6.07, 6.45) is 0. The third-order valence-corrected chi connectivity index (χ3v) is 3.77. The van der Waals surface area contributed by atoms with E-state index in [-0.39, 0.29) is 5.69 Å². The number of rotatable bonds is 4. The number of nitro benzene ring substituents is 1. The first-order valence-electron chi connectivity index (χ1n) is 5.47. The van der Waals surface area contributed by atoms with Gasteiger partial charge in [0.2, 0.25) is 0 Å². The third kappa shape index (κ3) is 3.62. The molecule has 0 aliphatic heterocycles. The summed E-state index contributed by atoms with van der Waals surface area (Å²) in [7, 11) is 0. The van der Waals surface area contributed by atoms with Crippen molar-refractivity contribution in [1.29, 1.82) is 0 Å². The highest BCUT2D eigenvalue weighted by atomic mass is 35.5. The van der Waals surface area contributed by atoms with Gasteiger partial charge in [-0.25, -0.2) is 0 Å². The van der Waals surface area contributed by atoms with Crippen LogP contribution in [0.4, 0.5) is 11.4 Å². The minimum absolute atomic E-state index is 0.0841. The lowest BCUT2D eigenvalue weighted by molar-refractivity contribution is -0.385. The van der Waals surface area contributed by atoms with Crippen LogP contribution in [0.2, 0.25) is 5.02 Å². The van der Waals surface area contributed by atoms with Gasteiger partial charge >= 0.3 is 0 Å². The van der Waals surface area contributed by atoms with Crippen LogP contribution in [0.1, 0.15) is 5.56 Å². The minimum Gasteiger partial charge on any atom is -0.399 e. The van der Waals surface area contributed by atoms with Crippen LogP contribution in [0.5, 0.6) is 0 Å². The van der Waals surface area contributed by atoms with Crippen molar-refractivity contribution >= 4 is 34.7 Å². The first-order valence-corrected chi connectivity index (χ1v) is 6.84. The van der Waals surface area contributed by atoms with Gasteiger partial charge in [-0.15, -0.1) is 11.8 Å². The molecular formula is C13H11ClN2O2S. The quantitative estimate of drug-likeness (QED) is 0.398. The van der Waals surface area contributed by atoms with E-state index < -0.39 is 4.92 Å². The highest BCUT2D eigenvalue weighted by Crippen LogP contribution is 2.30. The van der Waals surface area contributed by atoms with E-state index in [2.05, 4.69) is 0 Å². The summed E-state index contributed by atoms with van der Waals surface area (Å²) >= 11 is 7.36. The molecule has 0 amide bonds. The Kier molecular flexibility index (Phi) is 4.29. The van der Waals surface area contributed by atoms with Crippen molar-refractivity contribution < 1.29 is 4.92 Å². The number of nitrogens with zero attached hydrogens (tertiary/aromatic N) is 1. The Morgan fingerprint density at radius 1 is 1.26 bits per heavy atom. The second kappa shape index (κ2) is 5.95. The maximum atomic E-state index is 10.9. The number of nitrogens with two attached hydrogens (primary N) is 1. The zero-order chi connectivity index (χ0) is 13.8. The predicted octanol–water partition coefficient (Wildman–Crippen LogP) is 4.12. The van der Waals surface area contributed by atoms with E-state index >= 15 is 0 Å². The molecule has 0 aliphatic rings. The van der Waals surface area contributed by atoms with Gasteiger partial charge in [0.1, 0.15) is 0 Å². The van der Waals surface area contributed by atoms with Crippen molar-refractivity contribution in [3.63, 3.8) is 0 Å². The number of nitro groups is 1. The molecule has 2 rings (SSSR count). The fourth-order valence-electron chi connectivity index (χ4n) is 1.61. The van der Waals surface area contributed by atoms with Gasteiger partial charge in [0.15, 0.2) is 0 Å². The number of hydrogen-bond acceptors (Lipinski definition) is 4. The molecule has 0 bridgehead atoms. The van der Waals surface area contributed by atoms with Gasteiger partial charge in [-0.3, -0.25) is 10.1 Å². The summed E-state index contributed by atoms with van der Waals surface area (Å²) in [5.74, 6) is 0.473. The number of hydrogen-bond donors (Lipinski definition) is 1. The van der Waals surface area contributed by atoms with E-state index in [9.17, 15) is 10.1 Å². The van der Waals surface area contributed by atoms with Gasteiger partial charge in [-0.1, -0.05) is 17.7 Å². The van der Waals surface area contributed by atoms with Crippen LogP contribution in [-0.2, 0) is 5.75 Å². The lowest BCUT2D eigenvalue weighted by Gasteiger charge is -2.04. The van der Waals surface area contributed by atoms with Crippen molar-refractivity contribution in [3.05, 3.63) is 63.2 Å². The Bertz CT molecular complexity index is 619. The molecule has 0 spiro atoms. The SMILES string of the molecule is Nc1cccc(SCc2cc(Cl)ccc2[N+](=O)[O-])c1. The first kappa shape index (κ1) is 13.7. The van der Waals surface area contributed by atoms with E-state index in [1.165, 1.54) is 23.9 Å². The fourth-order valence-corrected chi connectivity index (χ4v) is 2.76. The maximum absolute atomic E-state index is 10.9. The molecule has 98 valence electrons. The van der Waals surface area contributed by atoms with Gasteiger partial charge in [0.25, 0.3) is 5.69 Å². The summed E-state index contributed by atoms with van der Waals surface area (Å²) in [4.78, 5) is 11.5. The fraction of sp³-hybridized carbons (Fsp3) is 0.0769. The molecule has 2 N–H and O–H groups in total. The van der Waals surface area contributed by atoms with Crippen molar-refractivity contribution in [2.45, 2.75) is 10.6 Å². The molecule has 0 saturated heterocycles. The summed E-state index contributed by atoms with van der Waals surface area (Å²) in [6.45, 7) is 0. The van der Waals surface area contributed by atoms with Crippen LogP contribution in [0.15, 0.2) is 47.4 Å². The number of nitrogen functional groups attached to an aromatic ring is 1. The van der Waals surface area contributed by atoms with E-state index in [0.29, 0.717) is 22.0 Å². The van der Waals surface area contributed by atoms with Crippen molar-refractivity contribution in [2.75, 3.05) is 5.73 Å². The molecular weight excluding hydrogens is 284 g/mol. The Morgan fingerprint density at radius 3 is 2.74 bits per heavy atom. The predicted molar refractivity (Wildman–Crippen MR) is 78.5 cm³/mol. The Hall–Kier alpha value is -1.72. The van der Waals surface area contributed by atoms with Crippen molar-refractivity contribution in [2.24, 2.45) is 0 Å². The third-order valence-electron chi connectivity index (χ3n) is 2.49. The largest absolute Gasteiger partial charge is 0.399 e. The normalized spacial score (nSPS) is 10.4. The van der Waals surface area contributed by atoms with Crippen LogP contribution in [0.25, 0.3) is 0 Å². The van der Waals surface area contributed by atoms with Crippen LogP contribution in [-0.4, -0.2) is 4.92 Å². The minimum atomic E-state index is -0.397. The van der Waals surface area contributed by atoms with Gasteiger partial charge in [0.05, 0.1) is 4.92 Å². The average molecular weight is 295 g/mol. The topological polar surface area (TPSA) is 69.2 Å². The molecule has 0 radical (unpaired) electrons. The van der Waals surface area contributed by atoms with Crippen molar-refractivity contribution in [3.8, 4) is 0 Å². The smallest absolute Gasteiger partial charge is 0.273 e. The number of anilines is 1. The van der Waals surface area contributed by atoms with Crippen molar-refractivity contribution in [1.82, 2.24) is 0 Å². The Morgan fingerprint density at radius 2 is 2.05 bits per heavy atom. The summed E-state index contributed by atoms with van der Waals surface area (Å²) in [5.41, 5.74) is 7.04. The van der Waals surface area contributed by atoms with Crippen LogP contribution in [0, 0.1) is 10.1 Å². The Balaban J connectivity index is 2.19. The van der Waals surface area contributed by atoms with Gasteiger partial charge in [-0.05, 0) is 30.3 Å². The molecule has 2 aromatic rings. The lowest BCUT2D eigenvalue weighted by Crippen LogP contribution is -1.94. The van der Waals surface area contributed by atoms with Crippen LogP contribution >= 0.6 is 23.4 Å². The molecule has 0 heterocycles. The van der Waals surface area contributed by atoms with Gasteiger partial charge in [-0.2, -0.15) is 0 Å². The molecule has 0 saturated carbocycles. The summed E-state index contributed by atoms with van der Waals surface area (Å²) in [5, 5.41) is 11.4. The van der Waals surface area contributed by atoms with E-state index in [4.69, 9.17) is 17.3 Å². The first-order chi connectivity index (χ1) is 9.06. The molecule has 0 aliphatic carbocycles. The zero-order valence-electron chi connectivity index (χ0n) is 9.88. The van der Waals surface area contributed by atoms with E-state index in [1.54, 1.807) is 12.1 Å². The molecule has 2 aromatic carbocycles. The van der Waals surface area contributed by atoms with E-state index in [1.807, 2.05) is 18.2 Å². The average Bonchev–Trinajstić information content (AvgIpc) is 2.36. The number of benzene rings is 2. The molecule has 19 heavy (non-hydrogen) atoms. The molecule has 0 fully saturated rings. The van der Waals surface area contributed by atoms with E-state index in [0.717, 1.165) is 4.90 Å². The lowest BCUT2D eigenvalue weighted by atomic mass is 10.2. The molecule has 0 aromatic heterocycles. The van der Waals surface area contributed by atoms with Gasteiger partial charge < -0.3 is 5.73 Å². The molecule has 6 heteroatoms. The monoisotopic (exact) mass is 294 g/mol. The summed E-state index contributed by atoms with van der Waals surface area (Å²) in [6, 6.07) is 12.0.